The molecule has 0 radical (unpaired) electrons. The Morgan fingerprint density at radius 2 is 1.53 bits per heavy atom. The molecule has 1 aromatic heterocycles. The van der Waals surface area contributed by atoms with Crippen LogP contribution in [0.5, 0.6) is 0 Å². The lowest BCUT2D eigenvalue weighted by Gasteiger charge is -2.34. The predicted molar refractivity (Wildman–Crippen MR) is 210 cm³/mol. The van der Waals surface area contributed by atoms with E-state index >= 15 is 0 Å². The monoisotopic (exact) mass is 715 g/mol. The van der Waals surface area contributed by atoms with Crippen LogP contribution in [-0.2, 0) is 15.0 Å². The largest absolute Gasteiger partial charge is 0.348 e. The molecule has 0 fully saturated rings. The van der Waals surface area contributed by atoms with Gasteiger partial charge in [-0.15, -0.1) is 0 Å². The number of anilines is 1. The summed E-state index contributed by atoms with van der Waals surface area (Å²) in [5, 5.41) is 13.2. The SMILES string of the molecule is CCCCC(CC)CN(CC(CC)CCCC)c1nc(C(C)(C)C)c(/C=C2\C(=O)N(N(C)C(=O)c3ccccc3)C(=O)C(C#N)=C2CC(C)C)s1. The lowest BCUT2D eigenvalue weighted by molar-refractivity contribution is -0.153. The maximum atomic E-state index is 14.5. The van der Waals surface area contributed by atoms with Gasteiger partial charge >= 0.3 is 0 Å². The fourth-order valence-electron chi connectivity index (χ4n) is 6.63. The summed E-state index contributed by atoms with van der Waals surface area (Å²) < 4.78 is 0. The maximum absolute atomic E-state index is 14.5. The van der Waals surface area contributed by atoms with Gasteiger partial charge in [-0.05, 0) is 60.8 Å². The zero-order chi connectivity index (χ0) is 37.9. The summed E-state index contributed by atoms with van der Waals surface area (Å²) in [4.78, 5) is 50.5. The molecule has 0 saturated heterocycles. The quantitative estimate of drug-likeness (QED) is 0.113. The summed E-state index contributed by atoms with van der Waals surface area (Å²) in [5.74, 6) is -0.759. The van der Waals surface area contributed by atoms with Crippen LogP contribution >= 0.6 is 11.3 Å². The van der Waals surface area contributed by atoms with Gasteiger partial charge < -0.3 is 4.90 Å². The average Bonchev–Trinajstić information content (AvgIpc) is 3.54. The van der Waals surface area contributed by atoms with Gasteiger partial charge in [-0.25, -0.2) is 9.99 Å². The smallest absolute Gasteiger partial charge is 0.290 e. The van der Waals surface area contributed by atoms with Crippen LogP contribution in [0.3, 0.4) is 0 Å². The van der Waals surface area contributed by atoms with E-state index in [9.17, 15) is 19.6 Å². The number of hydrogen-bond donors (Lipinski definition) is 0. The van der Waals surface area contributed by atoms with Crippen LogP contribution < -0.4 is 4.90 Å². The van der Waals surface area contributed by atoms with E-state index in [4.69, 9.17) is 4.98 Å². The van der Waals surface area contributed by atoms with Crippen molar-refractivity contribution in [3.8, 4) is 6.07 Å². The molecule has 1 aromatic carbocycles. The molecule has 278 valence electrons. The van der Waals surface area contributed by atoms with Crippen molar-refractivity contribution in [3.63, 3.8) is 0 Å². The first-order chi connectivity index (χ1) is 24.2. The molecule has 1 aliphatic heterocycles. The number of amides is 3. The highest BCUT2D eigenvalue weighted by molar-refractivity contribution is 7.16. The van der Waals surface area contributed by atoms with Crippen molar-refractivity contribution in [3.05, 3.63) is 63.2 Å². The van der Waals surface area contributed by atoms with E-state index in [0.29, 0.717) is 29.4 Å². The number of aromatic nitrogens is 1. The molecule has 3 amide bonds. The van der Waals surface area contributed by atoms with Gasteiger partial charge in [0.05, 0.1) is 10.6 Å². The summed E-state index contributed by atoms with van der Waals surface area (Å²) in [6.45, 7) is 21.3. The van der Waals surface area contributed by atoms with Crippen molar-refractivity contribution in [1.29, 1.82) is 5.26 Å². The Balaban J connectivity index is 2.24. The molecular weight excluding hydrogens is 655 g/mol. The van der Waals surface area contributed by atoms with Crippen LogP contribution in [0.4, 0.5) is 5.13 Å². The minimum Gasteiger partial charge on any atom is -0.348 e. The average molecular weight is 716 g/mol. The third-order valence-electron chi connectivity index (χ3n) is 9.74. The third-order valence-corrected chi connectivity index (χ3v) is 10.8. The van der Waals surface area contributed by atoms with Crippen LogP contribution in [-0.4, -0.2) is 52.9 Å². The van der Waals surface area contributed by atoms with Crippen molar-refractivity contribution in [2.24, 2.45) is 17.8 Å². The Labute approximate surface area is 311 Å². The molecule has 2 aromatic rings. The van der Waals surface area contributed by atoms with Crippen molar-refractivity contribution >= 4 is 40.3 Å². The molecular formula is C42H61N5O3S. The topological polar surface area (TPSA) is 97.6 Å². The Kier molecular flexibility index (Phi) is 15.7. The number of unbranched alkanes of at least 4 members (excludes halogenated alkanes) is 2. The van der Waals surface area contributed by atoms with Crippen LogP contribution in [0, 0.1) is 29.1 Å². The first-order valence-electron chi connectivity index (χ1n) is 19.0. The first kappa shape index (κ1) is 41.6. The highest BCUT2D eigenvalue weighted by atomic mass is 32.1. The molecule has 0 saturated carbocycles. The number of carbonyl (C=O) groups excluding carboxylic acids is 3. The Morgan fingerprint density at radius 3 is 2.00 bits per heavy atom. The van der Waals surface area contributed by atoms with Crippen LogP contribution in [0.15, 0.2) is 47.1 Å². The van der Waals surface area contributed by atoms with Gasteiger partial charge in [0.15, 0.2) is 5.13 Å². The predicted octanol–water partition coefficient (Wildman–Crippen LogP) is 9.99. The van der Waals surface area contributed by atoms with E-state index in [1.807, 2.05) is 19.9 Å². The summed E-state index contributed by atoms with van der Waals surface area (Å²) in [7, 11) is 1.40. The molecule has 51 heavy (non-hydrogen) atoms. The van der Waals surface area contributed by atoms with Gasteiger partial charge in [-0.3, -0.25) is 14.4 Å². The molecule has 8 nitrogen and oxygen atoms in total. The number of hydrazine groups is 1. The molecule has 2 atom stereocenters. The first-order valence-corrected chi connectivity index (χ1v) is 19.9. The zero-order valence-electron chi connectivity index (χ0n) is 32.8. The van der Waals surface area contributed by atoms with Crippen molar-refractivity contribution in [1.82, 2.24) is 15.0 Å². The van der Waals surface area contributed by atoms with E-state index in [0.717, 1.165) is 51.7 Å². The lowest BCUT2D eigenvalue weighted by atomic mass is 9.86. The number of rotatable bonds is 18. The molecule has 3 rings (SSSR count). The normalized spacial score (nSPS) is 15.8. The fraction of sp³-hybridized carbons (Fsp3) is 0.595. The second-order valence-corrected chi connectivity index (χ2v) is 16.4. The molecule has 2 heterocycles. The molecule has 2 unspecified atom stereocenters. The third kappa shape index (κ3) is 10.6. The molecule has 0 N–H and O–H groups in total. The number of benzene rings is 1. The van der Waals surface area contributed by atoms with Crippen LogP contribution in [0.1, 0.15) is 141 Å². The van der Waals surface area contributed by atoms with Crippen LogP contribution in [0.2, 0.25) is 0 Å². The number of imide groups is 1. The summed E-state index contributed by atoms with van der Waals surface area (Å²) in [5.41, 5.74) is 1.41. The highest BCUT2D eigenvalue weighted by Gasteiger charge is 2.42. The Hall–Kier alpha value is -3.77. The summed E-state index contributed by atoms with van der Waals surface area (Å²) >= 11 is 1.58. The van der Waals surface area contributed by atoms with Crippen molar-refractivity contribution in [2.45, 2.75) is 126 Å². The molecule has 9 heteroatoms. The van der Waals surface area contributed by atoms with Crippen molar-refractivity contribution < 1.29 is 14.4 Å². The molecule has 0 bridgehead atoms. The zero-order valence-corrected chi connectivity index (χ0v) is 33.7. The van der Waals surface area contributed by atoms with E-state index in [1.165, 1.54) is 45.6 Å². The van der Waals surface area contributed by atoms with E-state index in [-0.39, 0.29) is 22.5 Å². The molecule has 0 aliphatic carbocycles. The van der Waals surface area contributed by atoms with Gasteiger partial charge in [0.1, 0.15) is 11.6 Å². The number of nitriles is 1. The number of hydrogen-bond acceptors (Lipinski definition) is 7. The van der Waals surface area contributed by atoms with E-state index in [1.54, 1.807) is 41.7 Å². The highest BCUT2D eigenvalue weighted by Crippen LogP contribution is 2.40. The van der Waals surface area contributed by atoms with Crippen molar-refractivity contribution in [2.75, 3.05) is 25.0 Å². The van der Waals surface area contributed by atoms with E-state index < -0.39 is 17.7 Å². The minimum absolute atomic E-state index is 0.0698. The molecule has 0 spiro atoms. The molecule has 1 aliphatic rings. The van der Waals surface area contributed by atoms with Gasteiger partial charge in [0, 0.05) is 36.7 Å². The number of thiazole rings is 1. The maximum Gasteiger partial charge on any atom is 0.290 e. The van der Waals surface area contributed by atoms with E-state index in [2.05, 4.69) is 59.4 Å². The van der Waals surface area contributed by atoms with Gasteiger partial charge in [0.2, 0.25) is 0 Å². The second-order valence-electron chi connectivity index (χ2n) is 15.4. The second kappa shape index (κ2) is 19.2. The van der Waals surface area contributed by atoms with Gasteiger partial charge in [-0.2, -0.15) is 10.3 Å². The van der Waals surface area contributed by atoms with Gasteiger partial charge in [-0.1, -0.05) is 130 Å². The standard InChI is InChI=1S/C42H61N5O3S/c1-11-15-20-30(13-3)27-46(28-31(14-4)21-16-12-2)41-44-37(42(7,8)9)36(51-41)25-34-33(24-29(5)6)35(26-43)40(50)47(39(34)49)45(10)38(48)32-22-18-17-19-23-32/h17-19,22-23,25,29-31H,11-16,20-21,24,27-28H2,1-10H3/b34-25-. The summed E-state index contributed by atoms with van der Waals surface area (Å²) in [6, 6.07) is 10.6. The van der Waals surface area contributed by atoms with Crippen LogP contribution in [0.25, 0.3) is 6.08 Å². The number of nitrogens with zero attached hydrogens (tertiary/aromatic N) is 5. The Morgan fingerprint density at radius 1 is 0.961 bits per heavy atom. The Bertz CT molecular complexity index is 1580. The lowest BCUT2D eigenvalue weighted by Crippen LogP contribution is -2.54. The van der Waals surface area contributed by atoms with Gasteiger partial charge in [0.25, 0.3) is 17.7 Å². The number of carbonyl (C=O) groups is 3. The summed E-state index contributed by atoms with van der Waals surface area (Å²) in [6.07, 6.45) is 11.5. The minimum atomic E-state index is -0.787. The fourth-order valence-corrected chi connectivity index (χ4v) is 7.87.